The van der Waals surface area contributed by atoms with Crippen molar-refractivity contribution in [1.82, 2.24) is 20.4 Å². The first-order valence-corrected chi connectivity index (χ1v) is 7.54. The lowest BCUT2D eigenvalue weighted by molar-refractivity contribution is -0.139. The molecule has 4 amide bonds. The van der Waals surface area contributed by atoms with Crippen LogP contribution in [0.4, 0.5) is 4.79 Å². The molecule has 0 spiro atoms. The zero-order valence-electron chi connectivity index (χ0n) is 12.5. The zero-order valence-corrected chi connectivity index (χ0v) is 12.5. The smallest absolute Gasteiger partial charge is 0.325 e. The van der Waals surface area contributed by atoms with Gasteiger partial charge in [-0.25, -0.2) is 4.79 Å². The summed E-state index contributed by atoms with van der Waals surface area (Å²) in [4.78, 5) is 39.5. The highest BCUT2D eigenvalue weighted by molar-refractivity contribution is 6.09. The summed E-state index contributed by atoms with van der Waals surface area (Å²) in [6.45, 7) is 3.26. The Morgan fingerprint density at radius 1 is 1.38 bits per heavy atom. The van der Waals surface area contributed by atoms with E-state index in [4.69, 9.17) is 0 Å². The van der Waals surface area contributed by atoms with E-state index in [0.29, 0.717) is 0 Å². The van der Waals surface area contributed by atoms with E-state index in [-0.39, 0.29) is 30.3 Å². The van der Waals surface area contributed by atoms with Gasteiger partial charge in [0.05, 0.1) is 0 Å². The zero-order chi connectivity index (χ0) is 15.2. The van der Waals surface area contributed by atoms with Gasteiger partial charge < -0.3 is 15.5 Å². The Morgan fingerprint density at radius 3 is 2.67 bits per heavy atom. The quantitative estimate of drug-likeness (QED) is 0.687. The summed E-state index contributed by atoms with van der Waals surface area (Å²) >= 11 is 0. The van der Waals surface area contributed by atoms with Crippen LogP contribution < -0.4 is 10.6 Å². The minimum Gasteiger partial charge on any atom is -0.340 e. The second-order valence-electron chi connectivity index (χ2n) is 6.45. The molecular weight excluding hydrogens is 272 g/mol. The molecule has 0 aromatic rings. The van der Waals surface area contributed by atoms with Gasteiger partial charge in [-0.3, -0.25) is 14.5 Å². The molecule has 0 bridgehead atoms. The van der Waals surface area contributed by atoms with Crippen LogP contribution in [0.3, 0.4) is 0 Å². The van der Waals surface area contributed by atoms with E-state index in [1.807, 2.05) is 0 Å². The summed E-state index contributed by atoms with van der Waals surface area (Å²) < 4.78 is 0. The van der Waals surface area contributed by atoms with Gasteiger partial charge in [0.25, 0.3) is 5.91 Å². The van der Waals surface area contributed by atoms with Gasteiger partial charge in [0.15, 0.2) is 0 Å². The summed E-state index contributed by atoms with van der Waals surface area (Å²) in [5, 5.41) is 5.96. The third-order valence-electron chi connectivity index (χ3n) is 4.96. The molecule has 2 aliphatic heterocycles. The Bertz CT molecular complexity index is 485. The lowest BCUT2D eigenvalue weighted by Gasteiger charge is -2.26. The number of imide groups is 1. The molecule has 21 heavy (non-hydrogen) atoms. The number of amides is 4. The molecule has 116 valence electrons. The van der Waals surface area contributed by atoms with Crippen LogP contribution in [-0.4, -0.2) is 65.9 Å². The van der Waals surface area contributed by atoms with Crippen molar-refractivity contribution < 1.29 is 14.4 Å². The first-order chi connectivity index (χ1) is 9.93. The van der Waals surface area contributed by atoms with Crippen molar-refractivity contribution >= 4 is 17.8 Å². The van der Waals surface area contributed by atoms with Crippen LogP contribution in [0.1, 0.15) is 26.2 Å². The monoisotopic (exact) mass is 294 g/mol. The third-order valence-corrected chi connectivity index (χ3v) is 4.96. The van der Waals surface area contributed by atoms with Gasteiger partial charge >= 0.3 is 6.03 Å². The first kappa shape index (κ1) is 14.3. The number of carbonyl (C=O) groups is 3. The van der Waals surface area contributed by atoms with Crippen LogP contribution in [0, 0.1) is 5.92 Å². The van der Waals surface area contributed by atoms with Gasteiger partial charge in [-0.05, 0) is 38.6 Å². The fourth-order valence-electron chi connectivity index (χ4n) is 3.22. The topological polar surface area (TPSA) is 81.8 Å². The molecular formula is C14H22N4O3. The van der Waals surface area contributed by atoms with Gasteiger partial charge in [0.1, 0.15) is 12.1 Å². The molecule has 2 saturated heterocycles. The Morgan fingerprint density at radius 2 is 2.10 bits per heavy atom. The highest BCUT2D eigenvalue weighted by Gasteiger charge is 2.56. The van der Waals surface area contributed by atoms with E-state index in [1.54, 1.807) is 18.9 Å². The fraction of sp³-hybridized carbons (Fsp3) is 0.786. The van der Waals surface area contributed by atoms with E-state index < -0.39 is 11.6 Å². The first-order valence-electron chi connectivity index (χ1n) is 7.54. The maximum Gasteiger partial charge on any atom is 0.325 e. The standard InChI is InChI=1S/C14H22N4O3/c1-14(9-3-4-9)12(20)18(13(21)16-14)8-11(19)17(2)10-5-6-15-7-10/h9-10,15H,3-8H2,1-2H3,(H,16,21). The van der Waals surface area contributed by atoms with Crippen LogP contribution in [0.15, 0.2) is 0 Å². The molecule has 1 aliphatic carbocycles. The summed E-state index contributed by atoms with van der Waals surface area (Å²) in [6.07, 6.45) is 2.82. The van der Waals surface area contributed by atoms with Crippen LogP contribution in [0.5, 0.6) is 0 Å². The molecule has 1 saturated carbocycles. The van der Waals surface area contributed by atoms with Gasteiger partial charge in [-0.1, -0.05) is 0 Å². The molecule has 7 nitrogen and oxygen atoms in total. The average Bonchev–Trinajstić information content (AvgIpc) is 3.13. The van der Waals surface area contributed by atoms with Crippen molar-refractivity contribution in [3.8, 4) is 0 Å². The van der Waals surface area contributed by atoms with E-state index in [1.165, 1.54) is 0 Å². The maximum absolute atomic E-state index is 12.5. The summed E-state index contributed by atoms with van der Waals surface area (Å²) in [7, 11) is 1.73. The van der Waals surface area contributed by atoms with E-state index >= 15 is 0 Å². The number of carbonyl (C=O) groups excluding carboxylic acids is 3. The Balaban J connectivity index is 1.65. The third kappa shape index (κ3) is 2.39. The molecule has 3 rings (SSSR count). The lowest BCUT2D eigenvalue weighted by atomic mass is 9.96. The number of hydrogen-bond acceptors (Lipinski definition) is 4. The highest BCUT2D eigenvalue weighted by atomic mass is 16.2. The number of nitrogens with one attached hydrogen (secondary N) is 2. The molecule has 0 radical (unpaired) electrons. The van der Waals surface area contributed by atoms with Gasteiger partial charge in [0, 0.05) is 19.6 Å². The van der Waals surface area contributed by atoms with Crippen molar-refractivity contribution in [2.45, 2.75) is 37.8 Å². The maximum atomic E-state index is 12.5. The minimum absolute atomic E-state index is 0.146. The number of likely N-dealkylation sites (N-methyl/N-ethyl adjacent to an activating group) is 1. The fourth-order valence-corrected chi connectivity index (χ4v) is 3.22. The number of urea groups is 1. The molecule has 0 aromatic heterocycles. The normalized spacial score (nSPS) is 32.5. The van der Waals surface area contributed by atoms with Crippen molar-refractivity contribution in [3.05, 3.63) is 0 Å². The van der Waals surface area contributed by atoms with E-state index in [0.717, 1.165) is 37.3 Å². The van der Waals surface area contributed by atoms with Crippen molar-refractivity contribution in [3.63, 3.8) is 0 Å². The van der Waals surface area contributed by atoms with Crippen LogP contribution >= 0.6 is 0 Å². The van der Waals surface area contributed by atoms with Crippen molar-refractivity contribution in [2.75, 3.05) is 26.7 Å². The second kappa shape index (κ2) is 4.98. The van der Waals surface area contributed by atoms with Gasteiger partial charge in [0.2, 0.25) is 5.91 Å². The Kier molecular flexibility index (Phi) is 3.39. The average molecular weight is 294 g/mol. The van der Waals surface area contributed by atoms with Crippen LogP contribution in [0.25, 0.3) is 0 Å². The second-order valence-corrected chi connectivity index (χ2v) is 6.45. The SMILES string of the molecule is CN(C(=O)CN1C(=O)NC(C)(C2CC2)C1=O)C1CCNC1. The Labute approximate surface area is 124 Å². The predicted octanol–water partition coefficient (Wildman–Crippen LogP) is -0.473. The molecule has 2 heterocycles. The highest BCUT2D eigenvalue weighted by Crippen LogP contribution is 2.42. The lowest BCUT2D eigenvalue weighted by Crippen LogP contribution is -2.48. The molecule has 2 atom stereocenters. The number of nitrogens with zero attached hydrogens (tertiary/aromatic N) is 2. The van der Waals surface area contributed by atoms with E-state index in [9.17, 15) is 14.4 Å². The number of hydrogen-bond donors (Lipinski definition) is 2. The minimum atomic E-state index is -0.815. The van der Waals surface area contributed by atoms with Crippen LogP contribution in [0.2, 0.25) is 0 Å². The molecule has 3 fully saturated rings. The van der Waals surface area contributed by atoms with Crippen LogP contribution in [-0.2, 0) is 9.59 Å². The van der Waals surface area contributed by atoms with Gasteiger partial charge in [-0.2, -0.15) is 0 Å². The molecule has 0 aromatic carbocycles. The largest absolute Gasteiger partial charge is 0.340 e. The van der Waals surface area contributed by atoms with Gasteiger partial charge in [-0.15, -0.1) is 0 Å². The van der Waals surface area contributed by atoms with E-state index in [2.05, 4.69) is 10.6 Å². The number of rotatable bonds is 4. The molecule has 3 aliphatic rings. The van der Waals surface area contributed by atoms with Crippen molar-refractivity contribution in [1.29, 1.82) is 0 Å². The molecule has 7 heteroatoms. The molecule has 2 N–H and O–H groups in total. The van der Waals surface area contributed by atoms with Crippen molar-refractivity contribution in [2.24, 2.45) is 5.92 Å². The summed E-state index contributed by atoms with van der Waals surface area (Å²) in [5.74, 6) is -0.237. The predicted molar refractivity (Wildman–Crippen MR) is 75.4 cm³/mol. The Hall–Kier alpha value is -1.63. The molecule has 2 unspecified atom stereocenters. The summed E-state index contributed by atoms with van der Waals surface area (Å²) in [6, 6.07) is -0.297. The summed E-state index contributed by atoms with van der Waals surface area (Å²) in [5.41, 5.74) is -0.815.